The molecule has 2 N–H and O–H groups in total. The first-order chi connectivity index (χ1) is 14.5. The zero-order chi connectivity index (χ0) is 21.6. The number of esters is 1. The van der Waals surface area contributed by atoms with Gasteiger partial charge in [-0.2, -0.15) is 5.01 Å². The summed E-state index contributed by atoms with van der Waals surface area (Å²) in [7, 11) is 0. The van der Waals surface area contributed by atoms with Crippen molar-refractivity contribution in [2.75, 3.05) is 6.61 Å². The number of nitrogens with zero attached hydrogens (tertiary/aromatic N) is 1. The molecule has 8 heteroatoms. The molecule has 0 unspecified atom stereocenters. The van der Waals surface area contributed by atoms with E-state index < -0.39 is 36.0 Å². The zero-order valence-electron chi connectivity index (χ0n) is 16.3. The number of hydrazine groups is 1. The minimum atomic E-state index is -1.26. The van der Waals surface area contributed by atoms with Crippen molar-refractivity contribution in [3.63, 3.8) is 0 Å². The number of imide groups is 1. The highest BCUT2D eigenvalue weighted by Gasteiger charge is 2.52. The number of benzene rings is 2. The van der Waals surface area contributed by atoms with Gasteiger partial charge in [0.1, 0.15) is 5.54 Å². The Labute approximate surface area is 173 Å². The molecule has 3 rings (SSSR count). The van der Waals surface area contributed by atoms with E-state index >= 15 is 0 Å². The number of amides is 4. The largest absolute Gasteiger partial charge is 0.452 e. The van der Waals surface area contributed by atoms with Crippen LogP contribution in [-0.2, 0) is 24.7 Å². The Hall–Kier alpha value is -3.94. The predicted molar refractivity (Wildman–Crippen MR) is 108 cm³/mol. The lowest BCUT2D eigenvalue weighted by Gasteiger charge is -2.25. The molecule has 0 radical (unpaired) electrons. The summed E-state index contributed by atoms with van der Waals surface area (Å²) >= 11 is 0. The normalized spacial score (nSPS) is 18.4. The van der Waals surface area contributed by atoms with Gasteiger partial charge in [-0.05, 0) is 23.6 Å². The van der Waals surface area contributed by atoms with E-state index in [0.717, 1.165) is 5.56 Å². The van der Waals surface area contributed by atoms with Crippen LogP contribution in [0.25, 0.3) is 6.08 Å². The van der Waals surface area contributed by atoms with Crippen molar-refractivity contribution in [3.05, 3.63) is 77.9 Å². The lowest BCUT2D eigenvalue weighted by molar-refractivity contribution is -0.147. The standard InChI is InChI=1S/C22H21N3O5/c1-2-22(17-11-7-4-8-12-17)20(28)25(21(29)23-22)24-18(26)15-30-19(27)14-13-16-9-5-3-6-10-16/h3-14H,2,15H2,1H3,(H,23,29)(H,24,26)/b14-13+/t22-/m0/s1. The van der Waals surface area contributed by atoms with Gasteiger partial charge in [-0.1, -0.05) is 67.6 Å². The first-order valence-corrected chi connectivity index (χ1v) is 9.38. The van der Waals surface area contributed by atoms with Crippen LogP contribution in [0.1, 0.15) is 24.5 Å². The van der Waals surface area contributed by atoms with Gasteiger partial charge in [0.25, 0.3) is 11.8 Å². The maximum absolute atomic E-state index is 12.9. The van der Waals surface area contributed by atoms with Gasteiger partial charge in [0, 0.05) is 6.08 Å². The van der Waals surface area contributed by atoms with Gasteiger partial charge in [0.15, 0.2) is 6.61 Å². The highest BCUT2D eigenvalue weighted by atomic mass is 16.5. The van der Waals surface area contributed by atoms with E-state index in [0.29, 0.717) is 17.0 Å². The molecule has 0 aliphatic carbocycles. The first kappa shape index (κ1) is 20.8. The molecule has 0 aromatic heterocycles. The Balaban J connectivity index is 1.58. The van der Waals surface area contributed by atoms with E-state index in [1.807, 2.05) is 18.2 Å². The van der Waals surface area contributed by atoms with E-state index in [1.54, 1.807) is 55.5 Å². The summed E-state index contributed by atoms with van der Waals surface area (Å²) in [5.41, 5.74) is 2.35. The lowest BCUT2D eigenvalue weighted by Crippen LogP contribution is -2.49. The zero-order valence-corrected chi connectivity index (χ0v) is 16.3. The molecule has 1 atom stereocenters. The smallest absolute Gasteiger partial charge is 0.344 e. The number of ether oxygens (including phenoxy) is 1. The molecular formula is C22H21N3O5. The third kappa shape index (κ3) is 4.38. The average molecular weight is 407 g/mol. The molecule has 0 saturated carbocycles. The molecule has 1 saturated heterocycles. The van der Waals surface area contributed by atoms with Crippen LogP contribution in [-0.4, -0.2) is 35.4 Å². The highest BCUT2D eigenvalue weighted by Crippen LogP contribution is 2.31. The van der Waals surface area contributed by atoms with Crippen LogP contribution in [0.15, 0.2) is 66.7 Å². The Morgan fingerprint density at radius 3 is 2.33 bits per heavy atom. The number of carbonyl (C=O) groups excluding carboxylic acids is 4. The van der Waals surface area contributed by atoms with E-state index in [4.69, 9.17) is 4.74 Å². The van der Waals surface area contributed by atoms with E-state index in [9.17, 15) is 19.2 Å². The van der Waals surface area contributed by atoms with E-state index in [2.05, 4.69) is 10.7 Å². The molecular weight excluding hydrogens is 386 g/mol. The molecule has 30 heavy (non-hydrogen) atoms. The fourth-order valence-electron chi connectivity index (χ4n) is 3.11. The quantitative estimate of drug-likeness (QED) is 0.416. The van der Waals surface area contributed by atoms with E-state index in [1.165, 1.54) is 6.08 Å². The fraction of sp³-hybridized carbons (Fsp3) is 0.182. The fourth-order valence-corrected chi connectivity index (χ4v) is 3.11. The number of urea groups is 1. The van der Waals surface area contributed by atoms with Crippen LogP contribution in [0.4, 0.5) is 4.79 Å². The second kappa shape index (κ2) is 9.04. The number of carbonyl (C=O) groups is 4. The third-order valence-corrected chi connectivity index (χ3v) is 4.68. The van der Waals surface area contributed by atoms with Crippen LogP contribution < -0.4 is 10.7 Å². The van der Waals surface area contributed by atoms with Crippen molar-refractivity contribution in [2.24, 2.45) is 0 Å². The molecule has 154 valence electrons. The Morgan fingerprint density at radius 1 is 1.07 bits per heavy atom. The number of hydrogen-bond donors (Lipinski definition) is 2. The monoisotopic (exact) mass is 407 g/mol. The predicted octanol–water partition coefficient (Wildman–Crippen LogP) is 2.13. The van der Waals surface area contributed by atoms with Crippen molar-refractivity contribution in [3.8, 4) is 0 Å². The molecule has 1 fully saturated rings. The number of hydrogen-bond acceptors (Lipinski definition) is 5. The summed E-state index contributed by atoms with van der Waals surface area (Å²) in [5.74, 6) is -2.14. The van der Waals surface area contributed by atoms with Crippen LogP contribution in [0.5, 0.6) is 0 Å². The van der Waals surface area contributed by atoms with Gasteiger partial charge in [-0.3, -0.25) is 15.0 Å². The summed E-state index contributed by atoms with van der Waals surface area (Å²) in [6.45, 7) is 1.12. The molecule has 4 amide bonds. The first-order valence-electron chi connectivity index (χ1n) is 9.38. The molecule has 1 aliphatic rings. The van der Waals surface area contributed by atoms with Gasteiger partial charge in [-0.25, -0.2) is 9.59 Å². The summed E-state index contributed by atoms with van der Waals surface area (Å²) in [6.07, 6.45) is 3.04. The van der Waals surface area contributed by atoms with Crippen LogP contribution in [0.2, 0.25) is 0 Å². The van der Waals surface area contributed by atoms with Crippen LogP contribution in [0.3, 0.4) is 0 Å². The van der Waals surface area contributed by atoms with Crippen molar-refractivity contribution >= 4 is 29.9 Å². The van der Waals surface area contributed by atoms with E-state index in [-0.39, 0.29) is 0 Å². The molecule has 8 nitrogen and oxygen atoms in total. The molecule has 0 bridgehead atoms. The summed E-state index contributed by atoms with van der Waals surface area (Å²) in [5, 5.41) is 3.26. The Kier molecular flexibility index (Phi) is 6.26. The van der Waals surface area contributed by atoms with Gasteiger partial charge >= 0.3 is 12.0 Å². The molecule has 2 aromatic carbocycles. The van der Waals surface area contributed by atoms with Gasteiger partial charge in [0.2, 0.25) is 0 Å². The Bertz CT molecular complexity index is 975. The summed E-state index contributed by atoms with van der Waals surface area (Å²) in [4.78, 5) is 49.1. The second-order valence-electron chi connectivity index (χ2n) is 6.58. The van der Waals surface area contributed by atoms with Crippen molar-refractivity contribution in [1.82, 2.24) is 15.8 Å². The average Bonchev–Trinajstić information content (AvgIpc) is 3.02. The van der Waals surface area contributed by atoms with Gasteiger partial charge in [-0.15, -0.1) is 0 Å². The Morgan fingerprint density at radius 2 is 1.70 bits per heavy atom. The maximum atomic E-state index is 12.9. The molecule has 0 spiro atoms. The van der Waals surface area contributed by atoms with Crippen molar-refractivity contribution in [2.45, 2.75) is 18.9 Å². The summed E-state index contributed by atoms with van der Waals surface area (Å²) < 4.78 is 4.86. The molecule has 1 aliphatic heterocycles. The van der Waals surface area contributed by atoms with Crippen molar-refractivity contribution in [1.29, 1.82) is 0 Å². The van der Waals surface area contributed by atoms with Crippen LogP contribution in [0, 0.1) is 0 Å². The van der Waals surface area contributed by atoms with Gasteiger partial charge in [0.05, 0.1) is 0 Å². The minimum absolute atomic E-state index is 0.299. The number of rotatable bonds is 7. The lowest BCUT2D eigenvalue weighted by atomic mass is 9.87. The van der Waals surface area contributed by atoms with Crippen LogP contribution >= 0.6 is 0 Å². The number of nitrogens with one attached hydrogen (secondary N) is 2. The minimum Gasteiger partial charge on any atom is -0.452 e. The van der Waals surface area contributed by atoms with Crippen molar-refractivity contribution < 1.29 is 23.9 Å². The molecule has 1 heterocycles. The highest BCUT2D eigenvalue weighted by molar-refractivity contribution is 6.08. The second-order valence-corrected chi connectivity index (χ2v) is 6.58. The third-order valence-electron chi connectivity index (χ3n) is 4.68. The van der Waals surface area contributed by atoms with Gasteiger partial charge < -0.3 is 10.1 Å². The maximum Gasteiger partial charge on any atom is 0.344 e. The molecule has 2 aromatic rings. The topological polar surface area (TPSA) is 105 Å². The summed E-state index contributed by atoms with van der Waals surface area (Å²) in [6, 6.07) is 17.1. The SMILES string of the molecule is CC[C@@]1(c2ccccc2)NC(=O)N(NC(=O)COC(=O)/C=C/c2ccccc2)C1=O.